The van der Waals surface area contributed by atoms with E-state index in [2.05, 4.69) is 25.3 Å². The lowest BCUT2D eigenvalue weighted by molar-refractivity contribution is -0.120. The van der Waals surface area contributed by atoms with Crippen LogP contribution in [-0.4, -0.2) is 63.1 Å². The van der Waals surface area contributed by atoms with Crippen molar-refractivity contribution >= 4 is 52.3 Å². The number of nitrogens with two attached hydrogens (primary N) is 1. The molecule has 2 aromatic carbocycles. The smallest absolute Gasteiger partial charge is 0.248 e. The van der Waals surface area contributed by atoms with E-state index in [9.17, 15) is 9.59 Å². The Morgan fingerprint density at radius 2 is 1.87 bits per heavy atom. The van der Waals surface area contributed by atoms with Crippen molar-refractivity contribution in [1.82, 2.24) is 24.6 Å². The molecule has 0 spiro atoms. The quantitative estimate of drug-likeness (QED) is 0.338. The number of hydrogen-bond acceptors (Lipinski definition) is 7. The molecule has 39 heavy (non-hydrogen) atoms. The molecule has 3 N–H and O–H groups in total. The third-order valence-electron chi connectivity index (χ3n) is 6.64. The van der Waals surface area contributed by atoms with Crippen LogP contribution >= 0.6 is 23.2 Å². The minimum atomic E-state index is -0.565. The Labute approximate surface area is 235 Å². The summed E-state index contributed by atoms with van der Waals surface area (Å²) in [6, 6.07) is 12.6. The Morgan fingerprint density at radius 1 is 1.10 bits per heavy atom. The van der Waals surface area contributed by atoms with Crippen molar-refractivity contribution < 1.29 is 9.59 Å². The van der Waals surface area contributed by atoms with Gasteiger partial charge in [0.05, 0.1) is 33.8 Å². The summed E-state index contributed by atoms with van der Waals surface area (Å²) in [5, 5.41) is 8.23. The molecule has 1 saturated heterocycles. The van der Waals surface area contributed by atoms with Gasteiger partial charge in [0.1, 0.15) is 0 Å². The summed E-state index contributed by atoms with van der Waals surface area (Å²) in [5.41, 5.74) is 8.95. The Bertz CT molecular complexity index is 1540. The molecule has 0 saturated carbocycles. The number of hydrogen-bond donors (Lipinski definition) is 2. The lowest BCUT2D eigenvalue weighted by Gasteiger charge is -2.34. The van der Waals surface area contributed by atoms with Crippen molar-refractivity contribution in [3.05, 3.63) is 76.7 Å². The van der Waals surface area contributed by atoms with E-state index in [1.807, 2.05) is 43.3 Å². The highest BCUT2D eigenvalue weighted by molar-refractivity contribution is 6.33. The molecule has 1 aliphatic rings. The van der Waals surface area contributed by atoms with Gasteiger partial charge in [0, 0.05) is 47.7 Å². The molecule has 1 fully saturated rings. The fourth-order valence-electron chi connectivity index (χ4n) is 4.44. The predicted octanol–water partition coefficient (Wildman–Crippen LogP) is 4.54. The molecule has 0 radical (unpaired) electrons. The molecule has 200 valence electrons. The van der Waals surface area contributed by atoms with Crippen LogP contribution in [-0.2, 0) is 4.79 Å². The van der Waals surface area contributed by atoms with Gasteiger partial charge in [0.2, 0.25) is 17.8 Å². The zero-order valence-corrected chi connectivity index (χ0v) is 22.8. The number of piperidine rings is 1. The fourth-order valence-corrected chi connectivity index (χ4v) is 4.90. The van der Waals surface area contributed by atoms with Crippen LogP contribution in [0.4, 0.5) is 17.3 Å². The van der Waals surface area contributed by atoms with Crippen molar-refractivity contribution in [1.29, 1.82) is 0 Å². The molecule has 1 atom stereocenters. The van der Waals surface area contributed by atoms with Gasteiger partial charge in [-0.2, -0.15) is 5.10 Å². The fraction of sp³-hybridized carbons (Fsp3) is 0.222. The largest absolute Gasteiger partial charge is 0.366 e. The second kappa shape index (κ2) is 11.0. The van der Waals surface area contributed by atoms with E-state index in [1.54, 1.807) is 29.2 Å². The van der Waals surface area contributed by atoms with Gasteiger partial charge in [-0.3, -0.25) is 9.59 Å². The van der Waals surface area contributed by atoms with Crippen LogP contribution in [0.25, 0.3) is 16.9 Å². The number of nitrogens with zero attached hydrogens (tertiary/aromatic N) is 6. The summed E-state index contributed by atoms with van der Waals surface area (Å²) in [4.78, 5) is 36.9. The van der Waals surface area contributed by atoms with Crippen molar-refractivity contribution in [2.75, 3.05) is 30.9 Å². The van der Waals surface area contributed by atoms with Gasteiger partial charge in [-0.05, 0) is 63.0 Å². The minimum Gasteiger partial charge on any atom is -0.366 e. The third kappa shape index (κ3) is 5.73. The summed E-state index contributed by atoms with van der Waals surface area (Å²) in [6.45, 7) is 0.687. The van der Waals surface area contributed by atoms with Crippen molar-refractivity contribution in [2.45, 2.75) is 18.9 Å². The van der Waals surface area contributed by atoms with Crippen LogP contribution in [0.2, 0.25) is 10.0 Å². The summed E-state index contributed by atoms with van der Waals surface area (Å²) in [6.07, 6.45) is 6.30. The first-order valence-electron chi connectivity index (χ1n) is 12.2. The van der Waals surface area contributed by atoms with Crippen LogP contribution in [0.1, 0.15) is 23.2 Å². The maximum atomic E-state index is 12.7. The van der Waals surface area contributed by atoms with Crippen LogP contribution < -0.4 is 16.0 Å². The molecule has 12 heteroatoms. The number of carbonyl (C=O) groups excluding carboxylic acids is 2. The lowest BCUT2D eigenvalue weighted by atomic mass is 10.0. The van der Waals surface area contributed by atoms with Crippen molar-refractivity contribution in [3.8, 4) is 16.9 Å². The predicted molar refractivity (Wildman–Crippen MR) is 152 cm³/mol. The van der Waals surface area contributed by atoms with Crippen molar-refractivity contribution in [3.63, 3.8) is 0 Å². The third-order valence-corrected chi connectivity index (χ3v) is 7.22. The zero-order chi connectivity index (χ0) is 27.7. The number of nitrogens with one attached hydrogen (secondary N) is 1. The number of anilines is 3. The molecule has 1 aliphatic heterocycles. The second-order valence-corrected chi connectivity index (χ2v) is 10.2. The Hall–Kier alpha value is -3.99. The summed E-state index contributed by atoms with van der Waals surface area (Å²) < 4.78 is 1.56. The van der Waals surface area contributed by atoms with E-state index in [0.29, 0.717) is 51.5 Å². The molecule has 4 aromatic rings. The number of amides is 2. The van der Waals surface area contributed by atoms with E-state index in [-0.39, 0.29) is 11.9 Å². The first-order valence-corrected chi connectivity index (χ1v) is 13.0. The number of carbonyl (C=O) groups is 2. The van der Waals surface area contributed by atoms with E-state index < -0.39 is 5.91 Å². The van der Waals surface area contributed by atoms with Crippen LogP contribution in [0.5, 0.6) is 0 Å². The lowest BCUT2D eigenvalue weighted by Crippen LogP contribution is -2.45. The van der Waals surface area contributed by atoms with Crippen LogP contribution in [0.15, 0.2) is 61.1 Å². The van der Waals surface area contributed by atoms with E-state index >= 15 is 0 Å². The minimum absolute atomic E-state index is 0.122. The number of halogens is 2. The molecule has 2 aromatic heterocycles. The summed E-state index contributed by atoms with van der Waals surface area (Å²) >= 11 is 12.8. The van der Waals surface area contributed by atoms with Crippen LogP contribution in [0.3, 0.4) is 0 Å². The molecule has 2 amide bonds. The van der Waals surface area contributed by atoms with Gasteiger partial charge in [-0.25, -0.2) is 14.6 Å². The Balaban J connectivity index is 1.32. The molecule has 0 aliphatic carbocycles. The normalized spacial score (nSPS) is 15.6. The zero-order valence-electron chi connectivity index (χ0n) is 21.3. The summed E-state index contributed by atoms with van der Waals surface area (Å²) in [7, 11) is 4.01. The molecule has 10 nitrogen and oxygen atoms in total. The average Bonchev–Trinajstić information content (AvgIpc) is 3.40. The topological polar surface area (TPSA) is 122 Å². The molecular formula is C27H26Cl2N8O2. The first-order chi connectivity index (χ1) is 18.7. The van der Waals surface area contributed by atoms with Crippen molar-refractivity contribution in [2.24, 2.45) is 5.73 Å². The highest BCUT2D eigenvalue weighted by Crippen LogP contribution is 2.30. The maximum Gasteiger partial charge on any atom is 0.248 e. The molecule has 5 rings (SSSR count). The standard InChI is InChI=1S/C27H26Cl2N8O2/c1-35(2)20-9-10-36(24(38)12-20)19-6-4-18(5-7-19)33-27-31-14-22(29)25(34-27)17-13-32-37(15-17)23-8-3-16(26(30)39)11-21(23)28/h3-8,11,13-15,20H,9-10,12H2,1-2H3,(H2,30,39)(H,31,33,34)/t20-/m0/s1. The number of rotatable bonds is 7. The van der Waals surface area contributed by atoms with Gasteiger partial charge in [-0.15, -0.1) is 0 Å². The Kier molecular flexibility index (Phi) is 7.51. The summed E-state index contributed by atoms with van der Waals surface area (Å²) in [5.74, 6) is -0.0937. The first kappa shape index (κ1) is 26.6. The average molecular weight is 565 g/mol. The van der Waals surface area contributed by atoms with Gasteiger partial charge in [-0.1, -0.05) is 23.2 Å². The number of benzene rings is 2. The highest BCUT2D eigenvalue weighted by atomic mass is 35.5. The highest BCUT2D eigenvalue weighted by Gasteiger charge is 2.27. The number of primary amides is 1. The van der Waals surface area contributed by atoms with Gasteiger partial charge in [0.15, 0.2) is 0 Å². The maximum absolute atomic E-state index is 12.7. The van der Waals surface area contributed by atoms with E-state index in [1.165, 1.54) is 12.3 Å². The molecular weight excluding hydrogens is 539 g/mol. The molecule has 0 bridgehead atoms. The van der Waals surface area contributed by atoms with Crippen LogP contribution in [0, 0.1) is 0 Å². The van der Waals surface area contributed by atoms with Gasteiger partial charge in [0.25, 0.3) is 0 Å². The van der Waals surface area contributed by atoms with E-state index in [4.69, 9.17) is 28.9 Å². The molecule has 3 heterocycles. The van der Waals surface area contributed by atoms with Gasteiger partial charge < -0.3 is 20.9 Å². The molecule has 0 unspecified atom stereocenters. The number of aromatic nitrogens is 4. The SMILES string of the molecule is CN(C)[C@H]1CCN(c2ccc(Nc3ncc(Cl)c(-c4cnn(-c5ccc(C(N)=O)cc5Cl)c4)n3)cc2)C(=O)C1. The van der Waals surface area contributed by atoms with E-state index in [0.717, 1.165) is 17.8 Å². The Morgan fingerprint density at radius 3 is 2.54 bits per heavy atom. The van der Waals surface area contributed by atoms with Gasteiger partial charge >= 0.3 is 0 Å². The second-order valence-electron chi connectivity index (χ2n) is 9.42. The monoisotopic (exact) mass is 564 g/mol.